The summed E-state index contributed by atoms with van der Waals surface area (Å²) < 4.78 is 4.42. The van der Waals surface area contributed by atoms with Crippen LogP contribution in [0.25, 0.3) is 0 Å². The molecule has 1 aromatic heterocycles. The van der Waals surface area contributed by atoms with Crippen LogP contribution in [0.2, 0.25) is 0 Å². The van der Waals surface area contributed by atoms with Gasteiger partial charge in [0.1, 0.15) is 25.0 Å². The highest BCUT2D eigenvalue weighted by atomic mass is 127. The zero-order chi connectivity index (χ0) is 11.1. The Morgan fingerprint density at radius 3 is 2.69 bits per heavy atom. The van der Waals surface area contributed by atoms with Crippen LogP contribution in [0.3, 0.4) is 0 Å². The fourth-order valence-corrected chi connectivity index (χ4v) is 1.67. The maximum Gasteiger partial charge on any atom is 0.244 e. The van der Waals surface area contributed by atoms with Gasteiger partial charge in [-0.25, -0.2) is 9.13 Å². The van der Waals surface area contributed by atoms with Gasteiger partial charge in [-0.1, -0.05) is 38.7 Å². The van der Waals surface area contributed by atoms with Crippen molar-refractivity contribution >= 4 is 0 Å². The lowest BCUT2D eigenvalue weighted by Gasteiger charge is -1.96. The third-order valence-electron chi connectivity index (χ3n) is 2.42. The van der Waals surface area contributed by atoms with Crippen LogP contribution in [0.5, 0.6) is 0 Å². The summed E-state index contributed by atoms with van der Waals surface area (Å²) in [6.07, 6.45) is 11.8. The van der Waals surface area contributed by atoms with E-state index in [-0.39, 0.29) is 24.0 Å². The SMILES string of the molecule is C=CCn1c[n+](CC=C)cc1CCCC.[I-]. The average molecular weight is 332 g/mol. The Labute approximate surface area is 116 Å². The second kappa shape index (κ2) is 8.56. The number of allylic oxidation sites excluding steroid dienone is 2. The van der Waals surface area contributed by atoms with Crippen molar-refractivity contribution in [3.63, 3.8) is 0 Å². The zero-order valence-electron chi connectivity index (χ0n) is 10.0. The first-order valence-corrected chi connectivity index (χ1v) is 5.61. The first kappa shape index (κ1) is 15.4. The Bertz CT molecular complexity index is 329. The highest BCUT2D eigenvalue weighted by Gasteiger charge is 2.10. The smallest absolute Gasteiger partial charge is 0.244 e. The predicted octanol–water partition coefficient (Wildman–Crippen LogP) is -0.506. The van der Waals surface area contributed by atoms with E-state index in [1.54, 1.807) is 0 Å². The van der Waals surface area contributed by atoms with Crippen molar-refractivity contribution in [2.75, 3.05) is 0 Å². The van der Waals surface area contributed by atoms with Crippen molar-refractivity contribution in [1.82, 2.24) is 4.57 Å². The number of hydrogen-bond donors (Lipinski definition) is 0. The molecule has 0 aromatic carbocycles. The zero-order valence-corrected chi connectivity index (χ0v) is 12.2. The summed E-state index contributed by atoms with van der Waals surface area (Å²) >= 11 is 0. The predicted molar refractivity (Wildman–Crippen MR) is 63.6 cm³/mol. The molecule has 0 aliphatic rings. The van der Waals surface area contributed by atoms with Gasteiger partial charge in [-0.15, -0.1) is 0 Å². The Morgan fingerprint density at radius 1 is 1.38 bits per heavy atom. The summed E-state index contributed by atoms with van der Waals surface area (Å²) in [5.41, 5.74) is 1.39. The summed E-state index contributed by atoms with van der Waals surface area (Å²) in [6.45, 7) is 11.5. The summed E-state index contributed by atoms with van der Waals surface area (Å²) in [6, 6.07) is 0. The lowest BCUT2D eigenvalue weighted by molar-refractivity contribution is -0.686. The minimum Gasteiger partial charge on any atom is -1.00 e. The molecule has 1 heterocycles. The molecule has 0 saturated heterocycles. The number of aryl methyl sites for hydroxylation is 1. The van der Waals surface area contributed by atoms with Gasteiger partial charge < -0.3 is 24.0 Å². The van der Waals surface area contributed by atoms with Gasteiger partial charge in [-0.05, 0) is 6.42 Å². The normalized spacial score (nSPS) is 9.56. The van der Waals surface area contributed by atoms with E-state index < -0.39 is 0 Å². The van der Waals surface area contributed by atoms with Gasteiger partial charge in [-0.3, -0.25) is 0 Å². The molecule has 0 aliphatic heterocycles. The largest absolute Gasteiger partial charge is 1.00 e. The van der Waals surface area contributed by atoms with Crippen LogP contribution < -0.4 is 28.5 Å². The molecule has 1 aromatic rings. The highest BCUT2D eigenvalue weighted by molar-refractivity contribution is 4.96. The van der Waals surface area contributed by atoms with Gasteiger partial charge in [0.25, 0.3) is 0 Å². The van der Waals surface area contributed by atoms with Crippen LogP contribution in [-0.4, -0.2) is 4.57 Å². The van der Waals surface area contributed by atoms with Crippen molar-refractivity contribution in [3.05, 3.63) is 43.5 Å². The maximum absolute atomic E-state index is 3.78. The third-order valence-corrected chi connectivity index (χ3v) is 2.42. The molecule has 0 unspecified atom stereocenters. The van der Waals surface area contributed by atoms with Crippen molar-refractivity contribution in [2.45, 2.75) is 39.3 Å². The molecule has 0 bridgehead atoms. The Morgan fingerprint density at radius 2 is 2.12 bits per heavy atom. The molecule has 0 spiro atoms. The molecule has 0 radical (unpaired) electrons. The second-order valence-electron chi connectivity index (χ2n) is 3.77. The van der Waals surface area contributed by atoms with E-state index in [0.29, 0.717) is 0 Å². The molecule has 1 rings (SSSR count). The van der Waals surface area contributed by atoms with Crippen LogP contribution in [-0.2, 0) is 19.5 Å². The van der Waals surface area contributed by atoms with E-state index in [9.17, 15) is 0 Å². The molecule has 0 atom stereocenters. The van der Waals surface area contributed by atoms with Crippen LogP contribution >= 0.6 is 0 Å². The fraction of sp³-hybridized carbons (Fsp3) is 0.462. The topological polar surface area (TPSA) is 8.81 Å². The first-order chi connectivity index (χ1) is 7.31. The molecular weight excluding hydrogens is 311 g/mol. The lowest BCUT2D eigenvalue weighted by atomic mass is 10.2. The second-order valence-corrected chi connectivity index (χ2v) is 3.77. The van der Waals surface area contributed by atoms with E-state index in [4.69, 9.17) is 0 Å². The van der Waals surface area contributed by atoms with E-state index >= 15 is 0 Å². The number of halogens is 1. The third kappa shape index (κ3) is 4.51. The fourth-order valence-electron chi connectivity index (χ4n) is 1.67. The quantitative estimate of drug-likeness (QED) is 0.362. The molecule has 2 nitrogen and oxygen atoms in total. The van der Waals surface area contributed by atoms with Crippen molar-refractivity contribution in [3.8, 4) is 0 Å². The van der Waals surface area contributed by atoms with E-state index in [1.165, 1.54) is 18.5 Å². The van der Waals surface area contributed by atoms with Crippen LogP contribution in [0.1, 0.15) is 25.5 Å². The first-order valence-electron chi connectivity index (χ1n) is 5.61. The molecule has 0 amide bonds. The van der Waals surface area contributed by atoms with Crippen molar-refractivity contribution in [2.24, 2.45) is 0 Å². The number of aromatic nitrogens is 2. The molecular formula is C13H21IN2. The number of hydrogen-bond acceptors (Lipinski definition) is 0. The lowest BCUT2D eigenvalue weighted by Crippen LogP contribution is -3.00. The number of imidazole rings is 1. The number of rotatable bonds is 7. The van der Waals surface area contributed by atoms with Crippen LogP contribution in [0, 0.1) is 0 Å². The van der Waals surface area contributed by atoms with Gasteiger partial charge in [0.15, 0.2) is 0 Å². The van der Waals surface area contributed by atoms with Gasteiger partial charge in [0.05, 0.1) is 0 Å². The van der Waals surface area contributed by atoms with E-state index in [1.807, 2.05) is 12.2 Å². The van der Waals surface area contributed by atoms with Gasteiger partial charge in [0, 0.05) is 6.42 Å². The monoisotopic (exact) mass is 332 g/mol. The van der Waals surface area contributed by atoms with Crippen molar-refractivity contribution in [1.29, 1.82) is 0 Å². The minimum absolute atomic E-state index is 0. The molecule has 0 aliphatic carbocycles. The summed E-state index contributed by atoms with van der Waals surface area (Å²) in [5, 5.41) is 0. The molecule has 3 heteroatoms. The maximum atomic E-state index is 3.78. The van der Waals surface area contributed by atoms with Gasteiger partial charge in [-0.2, -0.15) is 0 Å². The molecule has 90 valence electrons. The summed E-state index contributed by atoms with van der Waals surface area (Å²) in [7, 11) is 0. The number of nitrogens with zero attached hydrogens (tertiary/aromatic N) is 2. The van der Waals surface area contributed by atoms with Crippen LogP contribution in [0.15, 0.2) is 37.8 Å². The van der Waals surface area contributed by atoms with Crippen LogP contribution in [0.4, 0.5) is 0 Å². The Hall–Kier alpha value is -0.580. The van der Waals surface area contributed by atoms with Crippen molar-refractivity contribution < 1.29 is 28.5 Å². The summed E-state index contributed by atoms with van der Waals surface area (Å²) in [5.74, 6) is 0. The highest BCUT2D eigenvalue weighted by Crippen LogP contribution is 2.04. The van der Waals surface area contributed by atoms with E-state index in [0.717, 1.165) is 19.5 Å². The van der Waals surface area contributed by atoms with Gasteiger partial charge >= 0.3 is 0 Å². The molecule has 0 fully saturated rings. The summed E-state index contributed by atoms with van der Waals surface area (Å²) in [4.78, 5) is 0. The molecule has 0 saturated carbocycles. The Kier molecular flexibility index (Phi) is 8.25. The standard InChI is InChI=1S/C13H21N2.HI/c1-4-7-8-13-11-14(9-5-2)12-15(13)10-6-3;/h5-6,11-12H,2-4,7-10H2,1H3;1H/q+1;/p-1. The number of unbranched alkanes of at least 4 members (excludes halogenated alkanes) is 1. The molecule has 16 heavy (non-hydrogen) atoms. The minimum atomic E-state index is 0. The Balaban J connectivity index is 0.00000225. The van der Waals surface area contributed by atoms with E-state index in [2.05, 4.69) is 41.7 Å². The average Bonchev–Trinajstić information content (AvgIpc) is 2.59. The molecule has 0 N–H and O–H groups in total. The van der Waals surface area contributed by atoms with Gasteiger partial charge in [0.2, 0.25) is 6.33 Å².